The molecule has 0 spiro atoms. The van der Waals surface area contributed by atoms with Crippen molar-refractivity contribution in [2.45, 2.75) is 49.9 Å². The molecule has 0 radical (unpaired) electrons. The van der Waals surface area contributed by atoms with E-state index in [0.29, 0.717) is 36.9 Å². The maximum Gasteiger partial charge on any atom is 0.265 e. The quantitative estimate of drug-likeness (QED) is 0.764. The van der Waals surface area contributed by atoms with Crippen LogP contribution in [0, 0.1) is 12.8 Å². The van der Waals surface area contributed by atoms with Gasteiger partial charge in [-0.1, -0.05) is 6.92 Å². The zero-order valence-electron chi connectivity index (χ0n) is 16.3. The standard InChI is InChI=1S/C18H26N4O4S2/c1-4-22-15(3)18(13-19-22)27(23,24)20-16-5-7-17(8-6-16)28(25,26)21-11-9-14(2)10-12-21/h5-8,13-14,20H,4,9-12H2,1-3H3. The number of aromatic nitrogens is 2. The molecule has 0 saturated carbocycles. The highest BCUT2D eigenvalue weighted by Crippen LogP contribution is 2.25. The summed E-state index contributed by atoms with van der Waals surface area (Å²) in [6, 6.07) is 5.81. The van der Waals surface area contributed by atoms with Gasteiger partial charge in [0.1, 0.15) is 4.90 Å². The van der Waals surface area contributed by atoms with Gasteiger partial charge in [-0.2, -0.15) is 9.40 Å². The van der Waals surface area contributed by atoms with Gasteiger partial charge in [0.05, 0.1) is 16.8 Å². The van der Waals surface area contributed by atoms with Crippen molar-refractivity contribution in [2.24, 2.45) is 5.92 Å². The van der Waals surface area contributed by atoms with Crippen LogP contribution in [-0.4, -0.2) is 44.0 Å². The van der Waals surface area contributed by atoms with Crippen molar-refractivity contribution >= 4 is 25.7 Å². The van der Waals surface area contributed by atoms with Gasteiger partial charge in [-0.3, -0.25) is 9.40 Å². The van der Waals surface area contributed by atoms with Gasteiger partial charge in [0, 0.05) is 25.3 Å². The summed E-state index contributed by atoms with van der Waals surface area (Å²) < 4.78 is 56.4. The van der Waals surface area contributed by atoms with E-state index in [1.165, 1.54) is 34.8 Å². The predicted molar refractivity (Wildman–Crippen MR) is 107 cm³/mol. The number of anilines is 1. The highest BCUT2D eigenvalue weighted by Gasteiger charge is 2.28. The molecule has 28 heavy (non-hydrogen) atoms. The number of nitrogens with one attached hydrogen (secondary N) is 1. The van der Waals surface area contributed by atoms with Gasteiger partial charge in [-0.15, -0.1) is 0 Å². The number of benzene rings is 1. The minimum atomic E-state index is -3.80. The number of hydrogen-bond donors (Lipinski definition) is 1. The summed E-state index contributed by atoms with van der Waals surface area (Å²) >= 11 is 0. The largest absolute Gasteiger partial charge is 0.280 e. The molecule has 0 aliphatic carbocycles. The van der Waals surface area contributed by atoms with E-state index in [9.17, 15) is 16.8 Å². The zero-order chi connectivity index (χ0) is 20.5. The Morgan fingerprint density at radius 3 is 2.25 bits per heavy atom. The fourth-order valence-electron chi connectivity index (χ4n) is 3.29. The molecule has 1 N–H and O–H groups in total. The van der Waals surface area contributed by atoms with Crippen LogP contribution >= 0.6 is 0 Å². The summed E-state index contributed by atoms with van der Waals surface area (Å²) in [4.78, 5) is 0.272. The molecule has 10 heteroatoms. The molecule has 2 aromatic rings. The Balaban J connectivity index is 1.78. The Bertz CT molecular complexity index is 1040. The van der Waals surface area contributed by atoms with E-state index in [0.717, 1.165) is 12.8 Å². The van der Waals surface area contributed by atoms with Crippen molar-refractivity contribution < 1.29 is 16.8 Å². The third-order valence-electron chi connectivity index (χ3n) is 5.13. The molecule has 8 nitrogen and oxygen atoms in total. The summed E-state index contributed by atoms with van der Waals surface area (Å²) in [5.74, 6) is 0.531. The average Bonchev–Trinajstić information content (AvgIpc) is 3.04. The van der Waals surface area contributed by atoms with Crippen LogP contribution in [0.25, 0.3) is 0 Å². The summed E-state index contributed by atoms with van der Waals surface area (Å²) in [6.45, 7) is 7.29. The van der Waals surface area contributed by atoms with E-state index in [1.807, 2.05) is 6.92 Å². The first-order chi connectivity index (χ1) is 13.1. The van der Waals surface area contributed by atoms with E-state index in [4.69, 9.17) is 0 Å². The van der Waals surface area contributed by atoms with Crippen LogP contribution in [0.4, 0.5) is 5.69 Å². The topological polar surface area (TPSA) is 101 Å². The number of hydrogen-bond acceptors (Lipinski definition) is 5. The Morgan fingerprint density at radius 1 is 1.11 bits per heavy atom. The Hall–Kier alpha value is -1.91. The lowest BCUT2D eigenvalue weighted by atomic mass is 10.0. The number of nitrogens with zero attached hydrogens (tertiary/aromatic N) is 3. The minimum absolute atomic E-state index is 0.105. The van der Waals surface area contributed by atoms with Crippen LogP contribution in [0.1, 0.15) is 32.4 Å². The third kappa shape index (κ3) is 4.08. The lowest BCUT2D eigenvalue weighted by Crippen LogP contribution is -2.37. The number of rotatable bonds is 6. The van der Waals surface area contributed by atoms with E-state index < -0.39 is 20.0 Å². The normalized spacial score (nSPS) is 17.0. The van der Waals surface area contributed by atoms with Gasteiger partial charge in [-0.05, 0) is 56.9 Å². The molecule has 3 rings (SSSR count). The lowest BCUT2D eigenvalue weighted by molar-refractivity contribution is 0.288. The fraction of sp³-hybridized carbons (Fsp3) is 0.500. The molecule has 1 aromatic carbocycles. The first-order valence-corrected chi connectivity index (χ1v) is 12.2. The molecule has 0 unspecified atom stereocenters. The molecular formula is C18H26N4O4S2. The highest BCUT2D eigenvalue weighted by atomic mass is 32.2. The van der Waals surface area contributed by atoms with Crippen molar-refractivity contribution in [3.63, 3.8) is 0 Å². The third-order valence-corrected chi connectivity index (χ3v) is 8.53. The van der Waals surface area contributed by atoms with Gasteiger partial charge < -0.3 is 0 Å². The van der Waals surface area contributed by atoms with E-state index >= 15 is 0 Å². The van der Waals surface area contributed by atoms with E-state index in [1.54, 1.807) is 11.6 Å². The number of piperidine rings is 1. The predicted octanol–water partition coefficient (Wildman–Crippen LogP) is 2.43. The van der Waals surface area contributed by atoms with Gasteiger partial charge in [-0.25, -0.2) is 16.8 Å². The molecule has 1 aromatic heterocycles. The van der Waals surface area contributed by atoms with Gasteiger partial charge in [0.15, 0.2) is 0 Å². The minimum Gasteiger partial charge on any atom is -0.280 e. The SMILES string of the molecule is CCn1ncc(S(=O)(=O)Nc2ccc(S(=O)(=O)N3CCC(C)CC3)cc2)c1C. The van der Waals surface area contributed by atoms with Crippen LogP contribution in [0.3, 0.4) is 0 Å². The van der Waals surface area contributed by atoms with Crippen molar-refractivity contribution in [3.8, 4) is 0 Å². The molecule has 1 aliphatic heterocycles. The second-order valence-corrected chi connectivity index (χ2v) is 10.7. The van der Waals surface area contributed by atoms with E-state index in [-0.39, 0.29) is 9.79 Å². The maximum atomic E-state index is 12.8. The molecule has 1 aliphatic rings. The first-order valence-electron chi connectivity index (χ1n) is 9.30. The monoisotopic (exact) mass is 426 g/mol. The van der Waals surface area contributed by atoms with Crippen molar-refractivity contribution in [3.05, 3.63) is 36.2 Å². The first kappa shape index (κ1) is 20.8. The van der Waals surface area contributed by atoms with Crippen molar-refractivity contribution in [2.75, 3.05) is 17.8 Å². The molecule has 2 heterocycles. The molecule has 1 fully saturated rings. The van der Waals surface area contributed by atoms with Gasteiger partial charge in [0.2, 0.25) is 10.0 Å². The number of sulfonamides is 2. The molecular weight excluding hydrogens is 400 g/mol. The summed E-state index contributed by atoms with van der Waals surface area (Å²) in [5.41, 5.74) is 0.850. The summed E-state index contributed by atoms with van der Waals surface area (Å²) in [6.07, 6.45) is 3.02. The molecule has 1 saturated heterocycles. The average molecular weight is 427 g/mol. The smallest absolute Gasteiger partial charge is 0.265 e. The van der Waals surface area contributed by atoms with Crippen LogP contribution < -0.4 is 4.72 Å². The Kier molecular flexibility index (Phi) is 5.83. The zero-order valence-corrected chi connectivity index (χ0v) is 17.9. The van der Waals surface area contributed by atoms with Crippen molar-refractivity contribution in [1.82, 2.24) is 14.1 Å². The molecule has 154 valence electrons. The van der Waals surface area contributed by atoms with Crippen LogP contribution in [0.2, 0.25) is 0 Å². The van der Waals surface area contributed by atoms with E-state index in [2.05, 4.69) is 16.7 Å². The van der Waals surface area contributed by atoms with Crippen LogP contribution in [0.15, 0.2) is 40.3 Å². The lowest BCUT2D eigenvalue weighted by Gasteiger charge is -2.29. The Morgan fingerprint density at radius 2 is 1.71 bits per heavy atom. The molecule has 0 atom stereocenters. The molecule has 0 amide bonds. The highest BCUT2D eigenvalue weighted by molar-refractivity contribution is 7.92. The summed E-state index contributed by atoms with van der Waals surface area (Å²) in [5, 5.41) is 4.06. The fourth-order valence-corrected chi connectivity index (χ4v) is 6.00. The number of aryl methyl sites for hydroxylation is 1. The second-order valence-electron chi connectivity index (χ2n) is 7.13. The van der Waals surface area contributed by atoms with Crippen LogP contribution in [0.5, 0.6) is 0 Å². The maximum absolute atomic E-state index is 12.8. The second kappa shape index (κ2) is 7.84. The van der Waals surface area contributed by atoms with Crippen molar-refractivity contribution in [1.29, 1.82) is 0 Å². The Labute approximate surface area is 166 Å². The van der Waals surface area contributed by atoms with Gasteiger partial charge >= 0.3 is 0 Å². The van der Waals surface area contributed by atoms with Gasteiger partial charge in [0.25, 0.3) is 10.0 Å². The summed E-state index contributed by atoms with van der Waals surface area (Å²) in [7, 11) is -7.36. The van der Waals surface area contributed by atoms with Crippen LogP contribution in [-0.2, 0) is 26.6 Å². The molecule has 0 bridgehead atoms.